The number of ether oxygens (including phenoxy) is 1. The van der Waals surface area contributed by atoms with E-state index in [9.17, 15) is 5.11 Å². The minimum absolute atomic E-state index is 0.219. The van der Waals surface area contributed by atoms with Crippen molar-refractivity contribution in [1.82, 2.24) is 9.80 Å². The maximum absolute atomic E-state index is 9.74. The van der Waals surface area contributed by atoms with E-state index in [1.165, 1.54) is 5.56 Å². The molecule has 2 unspecified atom stereocenters. The molecule has 0 saturated carbocycles. The normalized spacial score (nSPS) is 23.4. The number of benzene rings is 1. The van der Waals surface area contributed by atoms with Crippen LogP contribution >= 0.6 is 0 Å². The van der Waals surface area contributed by atoms with Crippen LogP contribution < -0.4 is 4.74 Å². The Labute approximate surface area is 122 Å². The van der Waals surface area contributed by atoms with Crippen molar-refractivity contribution in [3.8, 4) is 11.5 Å². The molecule has 1 aromatic rings. The Balaban J connectivity index is 2.02. The molecule has 0 bridgehead atoms. The zero-order valence-electron chi connectivity index (χ0n) is 13.0. The number of rotatable bonds is 5. The molecule has 112 valence electrons. The molecule has 0 amide bonds. The topological polar surface area (TPSA) is 35.9 Å². The Morgan fingerprint density at radius 1 is 1.35 bits per heavy atom. The molecule has 0 aliphatic carbocycles. The molecular formula is C16H26N2O2. The molecule has 1 aromatic carbocycles. The van der Waals surface area contributed by atoms with Gasteiger partial charge in [-0.25, -0.2) is 0 Å². The molecule has 20 heavy (non-hydrogen) atoms. The van der Waals surface area contributed by atoms with Crippen LogP contribution in [0.2, 0.25) is 0 Å². The number of phenolic OH excluding ortho intramolecular Hbond substituents is 1. The fourth-order valence-electron chi connectivity index (χ4n) is 3.04. The van der Waals surface area contributed by atoms with Crippen LogP contribution in [0.4, 0.5) is 0 Å². The summed E-state index contributed by atoms with van der Waals surface area (Å²) in [7, 11) is 4.30. The highest BCUT2D eigenvalue weighted by Gasteiger charge is 2.30. The lowest BCUT2D eigenvalue weighted by Crippen LogP contribution is -2.34. The molecule has 2 rings (SSSR count). The van der Waals surface area contributed by atoms with Crippen molar-refractivity contribution in [2.75, 3.05) is 33.8 Å². The first-order valence-corrected chi connectivity index (χ1v) is 7.34. The molecular weight excluding hydrogens is 252 g/mol. The summed E-state index contributed by atoms with van der Waals surface area (Å²) in [6.45, 7) is 7.94. The number of nitrogens with zero attached hydrogens (tertiary/aromatic N) is 2. The van der Waals surface area contributed by atoms with Gasteiger partial charge in [0.2, 0.25) is 0 Å². The molecule has 4 nitrogen and oxygen atoms in total. The molecule has 1 aliphatic heterocycles. The second-order valence-corrected chi connectivity index (χ2v) is 5.94. The predicted molar refractivity (Wildman–Crippen MR) is 81.2 cm³/mol. The van der Waals surface area contributed by atoms with Gasteiger partial charge < -0.3 is 14.7 Å². The fourth-order valence-corrected chi connectivity index (χ4v) is 3.04. The van der Waals surface area contributed by atoms with E-state index in [0.717, 1.165) is 19.6 Å². The molecule has 0 aromatic heterocycles. The highest BCUT2D eigenvalue weighted by molar-refractivity contribution is 5.41. The predicted octanol–water partition coefficient (Wildman–Crippen LogP) is 2.17. The van der Waals surface area contributed by atoms with Crippen molar-refractivity contribution >= 4 is 0 Å². The summed E-state index contributed by atoms with van der Waals surface area (Å²) in [5.74, 6) is 1.49. The number of phenols is 1. The van der Waals surface area contributed by atoms with Gasteiger partial charge in [-0.3, -0.25) is 4.90 Å². The van der Waals surface area contributed by atoms with E-state index in [4.69, 9.17) is 4.74 Å². The first-order valence-electron chi connectivity index (χ1n) is 7.34. The van der Waals surface area contributed by atoms with Gasteiger partial charge in [-0.15, -0.1) is 0 Å². The van der Waals surface area contributed by atoms with Gasteiger partial charge in [-0.1, -0.05) is 13.0 Å². The lowest BCUT2D eigenvalue weighted by atomic mass is 10.1. The quantitative estimate of drug-likeness (QED) is 0.895. The summed E-state index contributed by atoms with van der Waals surface area (Å²) in [4.78, 5) is 4.78. The Kier molecular flexibility index (Phi) is 4.89. The molecule has 1 heterocycles. The Hall–Kier alpha value is -1.26. The van der Waals surface area contributed by atoms with Gasteiger partial charge in [0, 0.05) is 25.7 Å². The minimum atomic E-state index is 0.219. The van der Waals surface area contributed by atoms with Gasteiger partial charge >= 0.3 is 0 Å². The highest BCUT2D eigenvalue weighted by Crippen LogP contribution is 2.28. The highest BCUT2D eigenvalue weighted by atomic mass is 16.5. The van der Waals surface area contributed by atoms with Crippen molar-refractivity contribution < 1.29 is 9.84 Å². The third-order valence-electron chi connectivity index (χ3n) is 4.04. The lowest BCUT2D eigenvalue weighted by Gasteiger charge is -2.22. The van der Waals surface area contributed by atoms with E-state index in [0.29, 0.717) is 24.3 Å². The van der Waals surface area contributed by atoms with Crippen molar-refractivity contribution in [3.63, 3.8) is 0 Å². The average Bonchev–Trinajstić information content (AvgIpc) is 2.75. The van der Waals surface area contributed by atoms with Crippen LogP contribution in [-0.2, 0) is 6.54 Å². The summed E-state index contributed by atoms with van der Waals surface area (Å²) < 4.78 is 5.45. The van der Waals surface area contributed by atoms with Crippen LogP contribution in [-0.4, -0.2) is 54.7 Å². The zero-order chi connectivity index (χ0) is 14.7. The lowest BCUT2D eigenvalue weighted by molar-refractivity contribution is 0.250. The van der Waals surface area contributed by atoms with Gasteiger partial charge in [-0.2, -0.15) is 0 Å². The molecule has 1 N–H and O–H groups in total. The van der Waals surface area contributed by atoms with E-state index in [-0.39, 0.29) is 5.75 Å². The molecule has 1 fully saturated rings. The van der Waals surface area contributed by atoms with Gasteiger partial charge in [0.1, 0.15) is 0 Å². The van der Waals surface area contributed by atoms with Crippen LogP contribution in [0.15, 0.2) is 18.2 Å². The van der Waals surface area contributed by atoms with Crippen LogP contribution in [0.25, 0.3) is 0 Å². The SMILES string of the molecule is CCOc1cc(CN2CC(C)C(N(C)C)C2)ccc1O. The summed E-state index contributed by atoms with van der Waals surface area (Å²) in [6, 6.07) is 6.28. The van der Waals surface area contributed by atoms with Crippen molar-refractivity contribution in [1.29, 1.82) is 0 Å². The molecule has 0 spiro atoms. The van der Waals surface area contributed by atoms with E-state index in [1.54, 1.807) is 6.07 Å². The largest absolute Gasteiger partial charge is 0.504 e. The van der Waals surface area contributed by atoms with Gasteiger partial charge in [0.15, 0.2) is 11.5 Å². The molecule has 4 heteroatoms. The third kappa shape index (κ3) is 3.44. The van der Waals surface area contributed by atoms with E-state index in [1.807, 2.05) is 19.1 Å². The Bertz CT molecular complexity index is 448. The fraction of sp³-hybridized carbons (Fsp3) is 0.625. The second kappa shape index (κ2) is 6.46. The summed E-state index contributed by atoms with van der Waals surface area (Å²) in [5, 5.41) is 9.74. The van der Waals surface area contributed by atoms with Crippen LogP contribution in [0.3, 0.4) is 0 Å². The van der Waals surface area contributed by atoms with E-state index in [2.05, 4.69) is 30.8 Å². The smallest absolute Gasteiger partial charge is 0.161 e. The third-order valence-corrected chi connectivity index (χ3v) is 4.04. The van der Waals surface area contributed by atoms with Crippen LogP contribution in [0.5, 0.6) is 11.5 Å². The zero-order valence-corrected chi connectivity index (χ0v) is 13.0. The number of likely N-dealkylation sites (tertiary alicyclic amines) is 1. The first-order chi connectivity index (χ1) is 9.51. The van der Waals surface area contributed by atoms with Gasteiger partial charge in [-0.05, 0) is 44.6 Å². The molecule has 0 radical (unpaired) electrons. The molecule has 1 aliphatic rings. The number of hydrogen-bond donors (Lipinski definition) is 1. The Morgan fingerprint density at radius 2 is 2.10 bits per heavy atom. The van der Waals surface area contributed by atoms with Crippen molar-refractivity contribution in [3.05, 3.63) is 23.8 Å². The van der Waals surface area contributed by atoms with Crippen LogP contribution in [0, 0.1) is 5.92 Å². The second-order valence-electron chi connectivity index (χ2n) is 5.94. The summed E-state index contributed by atoms with van der Waals surface area (Å²) in [6.07, 6.45) is 0. The molecule has 1 saturated heterocycles. The average molecular weight is 278 g/mol. The van der Waals surface area contributed by atoms with E-state index >= 15 is 0 Å². The molecule has 2 atom stereocenters. The van der Waals surface area contributed by atoms with Crippen LogP contribution in [0.1, 0.15) is 19.4 Å². The standard InChI is InChI=1S/C16H26N2O2/c1-5-20-16-8-13(6-7-15(16)19)10-18-9-12(2)14(11-18)17(3)4/h6-8,12,14,19H,5,9-11H2,1-4H3. The maximum Gasteiger partial charge on any atom is 0.161 e. The monoisotopic (exact) mass is 278 g/mol. The maximum atomic E-state index is 9.74. The number of aromatic hydroxyl groups is 1. The Morgan fingerprint density at radius 3 is 2.70 bits per heavy atom. The summed E-state index contributed by atoms with van der Waals surface area (Å²) in [5.41, 5.74) is 1.19. The van der Waals surface area contributed by atoms with Crippen molar-refractivity contribution in [2.45, 2.75) is 26.4 Å². The summed E-state index contributed by atoms with van der Waals surface area (Å²) >= 11 is 0. The number of hydrogen-bond acceptors (Lipinski definition) is 4. The van der Waals surface area contributed by atoms with Gasteiger partial charge in [0.05, 0.1) is 6.61 Å². The minimum Gasteiger partial charge on any atom is -0.504 e. The van der Waals surface area contributed by atoms with E-state index < -0.39 is 0 Å². The van der Waals surface area contributed by atoms with Gasteiger partial charge in [0.25, 0.3) is 0 Å². The van der Waals surface area contributed by atoms with Crippen molar-refractivity contribution in [2.24, 2.45) is 5.92 Å². The number of likely N-dealkylation sites (N-methyl/N-ethyl adjacent to an activating group) is 1. The first kappa shape index (κ1) is 15.1.